The summed E-state index contributed by atoms with van der Waals surface area (Å²) >= 11 is 0. The van der Waals surface area contributed by atoms with Crippen molar-refractivity contribution in [1.29, 1.82) is 0 Å². The van der Waals surface area contributed by atoms with Crippen molar-refractivity contribution in [2.24, 2.45) is 5.92 Å². The van der Waals surface area contributed by atoms with Gasteiger partial charge in [-0.1, -0.05) is 6.42 Å². The zero-order chi connectivity index (χ0) is 24.1. The lowest BCUT2D eigenvalue weighted by Crippen LogP contribution is -2.47. The molecule has 33 heavy (non-hydrogen) atoms. The third-order valence-corrected chi connectivity index (χ3v) is 9.91. The molecule has 0 radical (unpaired) electrons. The molecule has 186 valence electrons. The molecule has 0 atom stereocenters. The summed E-state index contributed by atoms with van der Waals surface area (Å²) in [6, 6.07) is 6.35. The number of nitrogens with one attached hydrogen (secondary N) is 1. The van der Waals surface area contributed by atoms with E-state index in [-0.39, 0.29) is 23.3 Å². The van der Waals surface area contributed by atoms with Crippen molar-refractivity contribution in [3.05, 3.63) is 24.3 Å². The molecule has 1 aromatic carbocycles. The second-order valence-corrected chi connectivity index (χ2v) is 12.6. The maximum Gasteiger partial charge on any atom is 0.281 e. The van der Waals surface area contributed by atoms with Crippen LogP contribution in [0.4, 0.5) is 0 Å². The van der Waals surface area contributed by atoms with E-state index in [9.17, 15) is 21.6 Å². The van der Waals surface area contributed by atoms with Gasteiger partial charge in [-0.15, -0.1) is 0 Å². The molecule has 1 aromatic rings. The Labute approximate surface area is 197 Å². The molecular formula is C21H34N4O6S2. The first-order valence-electron chi connectivity index (χ1n) is 11.3. The van der Waals surface area contributed by atoms with Crippen LogP contribution in [-0.4, -0.2) is 89.1 Å². The highest BCUT2D eigenvalue weighted by Crippen LogP contribution is 2.23. The van der Waals surface area contributed by atoms with Gasteiger partial charge in [0.2, 0.25) is 15.9 Å². The number of piperidine rings is 2. The molecule has 0 bridgehead atoms. The highest BCUT2D eigenvalue weighted by atomic mass is 32.2. The van der Waals surface area contributed by atoms with Crippen LogP contribution in [0, 0.1) is 5.92 Å². The van der Waals surface area contributed by atoms with E-state index in [1.807, 2.05) is 0 Å². The number of amides is 1. The number of rotatable bonds is 9. The summed E-state index contributed by atoms with van der Waals surface area (Å²) in [6.07, 6.45) is 3.80. The van der Waals surface area contributed by atoms with Crippen molar-refractivity contribution in [3.8, 4) is 5.75 Å². The highest BCUT2D eigenvalue weighted by Gasteiger charge is 2.32. The smallest absolute Gasteiger partial charge is 0.281 e. The van der Waals surface area contributed by atoms with Crippen molar-refractivity contribution in [2.75, 3.05) is 53.4 Å². The Balaban J connectivity index is 1.40. The Bertz CT molecular complexity index is 998. The number of nitrogens with zero attached hydrogens (tertiary/aromatic N) is 3. The van der Waals surface area contributed by atoms with E-state index in [4.69, 9.17) is 4.74 Å². The summed E-state index contributed by atoms with van der Waals surface area (Å²) in [7, 11) is -3.92. The van der Waals surface area contributed by atoms with E-state index in [0.717, 1.165) is 19.3 Å². The lowest BCUT2D eigenvalue weighted by Gasteiger charge is -2.32. The van der Waals surface area contributed by atoms with Crippen LogP contribution in [0.5, 0.6) is 5.75 Å². The first kappa shape index (κ1) is 25.9. The van der Waals surface area contributed by atoms with Gasteiger partial charge in [0.05, 0.1) is 11.4 Å². The fraction of sp³-hybridized carbons (Fsp3) is 0.667. The highest BCUT2D eigenvalue weighted by molar-refractivity contribution is 7.89. The zero-order valence-electron chi connectivity index (χ0n) is 19.3. The number of ether oxygens (including phenoxy) is 1. The molecule has 2 heterocycles. The number of carbonyl (C=O) groups excluding carboxylic acids is 1. The molecule has 0 aromatic heterocycles. The van der Waals surface area contributed by atoms with Crippen LogP contribution in [0.25, 0.3) is 0 Å². The number of sulfonamides is 1. The van der Waals surface area contributed by atoms with E-state index in [2.05, 4.69) is 5.32 Å². The molecular weight excluding hydrogens is 468 g/mol. The molecule has 0 spiro atoms. The number of hydrogen-bond acceptors (Lipinski definition) is 6. The van der Waals surface area contributed by atoms with Crippen LogP contribution in [0.15, 0.2) is 29.2 Å². The summed E-state index contributed by atoms with van der Waals surface area (Å²) in [5.74, 6) is 0.199. The molecule has 3 rings (SSSR count). The van der Waals surface area contributed by atoms with Crippen molar-refractivity contribution in [1.82, 2.24) is 18.2 Å². The summed E-state index contributed by atoms with van der Waals surface area (Å²) in [6.45, 7) is 2.32. The molecule has 1 N–H and O–H groups in total. The normalized spacial score (nSPS) is 19.5. The zero-order valence-corrected chi connectivity index (χ0v) is 20.9. The van der Waals surface area contributed by atoms with E-state index in [1.54, 1.807) is 24.3 Å². The fourth-order valence-electron chi connectivity index (χ4n) is 4.03. The van der Waals surface area contributed by atoms with Gasteiger partial charge in [0.1, 0.15) is 12.4 Å². The minimum absolute atomic E-state index is 0.108. The maximum absolute atomic E-state index is 12.7. The first-order chi connectivity index (χ1) is 15.6. The maximum atomic E-state index is 12.7. The summed E-state index contributed by atoms with van der Waals surface area (Å²) in [4.78, 5) is 12.6. The van der Waals surface area contributed by atoms with E-state index in [1.165, 1.54) is 27.0 Å². The summed E-state index contributed by atoms with van der Waals surface area (Å²) < 4.78 is 59.4. The molecule has 12 heteroatoms. The third kappa shape index (κ3) is 6.44. The predicted molar refractivity (Wildman–Crippen MR) is 124 cm³/mol. The fourth-order valence-corrected chi connectivity index (χ4v) is 6.68. The minimum Gasteiger partial charge on any atom is -0.492 e. The second-order valence-electron chi connectivity index (χ2n) is 8.54. The van der Waals surface area contributed by atoms with E-state index >= 15 is 0 Å². The molecule has 2 aliphatic heterocycles. The van der Waals surface area contributed by atoms with Crippen molar-refractivity contribution >= 4 is 26.1 Å². The van der Waals surface area contributed by atoms with Gasteiger partial charge < -0.3 is 10.1 Å². The molecule has 2 saturated heterocycles. The van der Waals surface area contributed by atoms with E-state index < -0.39 is 20.2 Å². The van der Waals surface area contributed by atoms with Crippen molar-refractivity contribution in [2.45, 2.75) is 37.0 Å². The largest absolute Gasteiger partial charge is 0.492 e. The third-order valence-electron chi connectivity index (χ3n) is 6.06. The van der Waals surface area contributed by atoms with Crippen LogP contribution in [0.3, 0.4) is 0 Å². The minimum atomic E-state index is -3.47. The molecule has 0 saturated carbocycles. The lowest BCUT2D eigenvalue weighted by atomic mass is 9.97. The molecule has 2 aliphatic rings. The average molecular weight is 503 g/mol. The van der Waals surface area contributed by atoms with Gasteiger partial charge in [0, 0.05) is 46.2 Å². The van der Waals surface area contributed by atoms with Gasteiger partial charge in [-0.2, -0.15) is 21.3 Å². The number of benzene rings is 1. The predicted octanol–water partition coefficient (Wildman–Crippen LogP) is 0.875. The SMILES string of the molecule is CN(C)S(=O)(=O)N1CCC(C(=O)NCCOc2ccc(S(=O)(=O)N3CCCCC3)cc2)CC1. The molecule has 0 unspecified atom stereocenters. The van der Waals surface area contributed by atoms with Crippen LogP contribution < -0.4 is 10.1 Å². The van der Waals surface area contributed by atoms with Crippen LogP contribution in [0.1, 0.15) is 32.1 Å². The van der Waals surface area contributed by atoms with Gasteiger partial charge in [-0.3, -0.25) is 4.79 Å². The van der Waals surface area contributed by atoms with Gasteiger partial charge in [0.25, 0.3) is 10.2 Å². The molecule has 10 nitrogen and oxygen atoms in total. The Morgan fingerprint density at radius 3 is 2.15 bits per heavy atom. The molecule has 2 fully saturated rings. The van der Waals surface area contributed by atoms with Gasteiger partial charge in [0.15, 0.2) is 0 Å². The monoisotopic (exact) mass is 502 g/mol. The van der Waals surface area contributed by atoms with Crippen LogP contribution in [-0.2, 0) is 25.0 Å². The van der Waals surface area contributed by atoms with Gasteiger partial charge >= 0.3 is 0 Å². The molecule has 1 amide bonds. The average Bonchev–Trinajstić information content (AvgIpc) is 2.82. The topological polar surface area (TPSA) is 116 Å². The lowest BCUT2D eigenvalue weighted by molar-refractivity contribution is -0.126. The van der Waals surface area contributed by atoms with Crippen LogP contribution >= 0.6 is 0 Å². The summed E-state index contributed by atoms with van der Waals surface area (Å²) in [5.41, 5.74) is 0. The van der Waals surface area contributed by atoms with Crippen LogP contribution in [0.2, 0.25) is 0 Å². The van der Waals surface area contributed by atoms with Gasteiger partial charge in [-0.25, -0.2) is 8.42 Å². The quantitative estimate of drug-likeness (QED) is 0.501. The Kier molecular flexibility index (Phi) is 8.73. The number of hydrogen-bond donors (Lipinski definition) is 1. The first-order valence-corrected chi connectivity index (χ1v) is 14.1. The Hall–Kier alpha value is -1.73. The van der Waals surface area contributed by atoms with Crippen molar-refractivity contribution < 1.29 is 26.4 Å². The van der Waals surface area contributed by atoms with Crippen molar-refractivity contribution in [3.63, 3.8) is 0 Å². The molecule has 0 aliphatic carbocycles. The number of carbonyl (C=O) groups is 1. The Morgan fingerprint density at radius 2 is 1.58 bits per heavy atom. The van der Waals surface area contributed by atoms with Gasteiger partial charge in [-0.05, 0) is 49.9 Å². The second kappa shape index (κ2) is 11.1. The Morgan fingerprint density at radius 1 is 0.970 bits per heavy atom. The standard InChI is InChI=1S/C21H34N4O6S2/c1-23(2)33(29,30)25-15-10-18(11-16-25)21(26)22-12-17-31-19-6-8-20(9-7-19)32(27,28)24-13-4-3-5-14-24/h6-9,18H,3-5,10-17H2,1-2H3,(H,22,26). The van der Waals surface area contributed by atoms with E-state index in [0.29, 0.717) is 51.3 Å². The summed E-state index contributed by atoms with van der Waals surface area (Å²) in [5, 5.41) is 2.83.